The fraction of sp³-hybridized carbons (Fsp3) is 0.857. The standard InChI is InChI=1S/C14H29NO6Si/c1-6-18-12(16)10-11(13(17)19-7-2)15(5)22-14(20-8-3)21-9-4/h11,14H,6-10,22H2,1-5H3. The number of esters is 2. The van der Waals surface area contributed by atoms with Crippen LogP contribution in [0.4, 0.5) is 0 Å². The second-order valence-corrected chi connectivity index (χ2v) is 6.59. The molecule has 0 aliphatic heterocycles. The molecule has 0 rings (SSSR count). The van der Waals surface area contributed by atoms with E-state index in [1.807, 2.05) is 18.4 Å². The molecule has 22 heavy (non-hydrogen) atoms. The second-order valence-electron chi connectivity index (χ2n) is 4.56. The lowest BCUT2D eigenvalue weighted by molar-refractivity contribution is -0.154. The van der Waals surface area contributed by atoms with Crippen molar-refractivity contribution in [2.45, 2.75) is 46.1 Å². The van der Waals surface area contributed by atoms with Gasteiger partial charge in [0.05, 0.1) is 19.6 Å². The van der Waals surface area contributed by atoms with Gasteiger partial charge in [-0.1, -0.05) is 0 Å². The lowest BCUT2D eigenvalue weighted by atomic mass is 10.2. The van der Waals surface area contributed by atoms with E-state index in [9.17, 15) is 9.59 Å². The van der Waals surface area contributed by atoms with E-state index in [4.69, 9.17) is 18.9 Å². The first-order valence-electron chi connectivity index (χ1n) is 7.75. The summed E-state index contributed by atoms with van der Waals surface area (Å²) in [6, 6.07) is -0.658. The van der Waals surface area contributed by atoms with Gasteiger partial charge in [-0.2, -0.15) is 0 Å². The molecule has 0 bridgehead atoms. The van der Waals surface area contributed by atoms with Crippen molar-refractivity contribution in [2.75, 3.05) is 33.5 Å². The van der Waals surface area contributed by atoms with Gasteiger partial charge in [0.25, 0.3) is 0 Å². The fourth-order valence-electron chi connectivity index (χ4n) is 1.92. The zero-order valence-electron chi connectivity index (χ0n) is 14.3. The van der Waals surface area contributed by atoms with E-state index in [0.717, 1.165) is 0 Å². The van der Waals surface area contributed by atoms with Crippen LogP contribution in [0.3, 0.4) is 0 Å². The van der Waals surface area contributed by atoms with Crippen LogP contribution in [0.15, 0.2) is 0 Å². The Kier molecular flexibility index (Phi) is 12.0. The molecule has 0 aromatic heterocycles. The number of carbonyl (C=O) groups excluding carboxylic acids is 2. The number of hydrogen-bond acceptors (Lipinski definition) is 7. The Balaban J connectivity index is 4.81. The summed E-state index contributed by atoms with van der Waals surface area (Å²) in [5.74, 6) is -1.15. The van der Waals surface area contributed by atoms with E-state index in [1.54, 1.807) is 20.9 Å². The number of likely N-dealkylation sites (N-methyl/N-ethyl adjacent to an activating group) is 1. The number of rotatable bonds is 12. The van der Waals surface area contributed by atoms with Gasteiger partial charge in [0.2, 0.25) is 0 Å². The minimum absolute atomic E-state index is 0.0266. The van der Waals surface area contributed by atoms with Crippen LogP contribution in [0.5, 0.6) is 0 Å². The summed E-state index contributed by atoms with van der Waals surface area (Å²) >= 11 is 0. The van der Waals surface area contributed by atoms with E-state index in [1.165, 1.54) is 0 Å². The molecule has 0 aliphatic rings. The molecule has 1 atom stereocenters. The molecule has 0 heterocycles. The average molecular weight is 335 g/mol. The molecular formula is C14H29NO6Si. The van der Waals surface area contributed by atoms with Gasteiger partial charge in [0.1, 0.15) is 6.04 Å². The van der Waals surface area contributed by atoms with Crippen LogP contribution < -0.4 is 0 Å². The number of nitrogens with zero attached hydrogens (tertiary/aromatic N) is 1. The molecule has 0 N–H and O–H groups in total. The molecule has 8 heteroatoms. The van der Waals surface area contributed by atoms with Gasteiger partial charge < -0.3 is 23.5 Å². The summed E-state index contributed by atoms with van der Waals surface area (Å²) in [6.07, 6.45) is -0.0266. The molecule has 0 fully saturated rings. The Morgan fingerprint density at radius 1 is 0.955 bits per heavy atom. The van der Waals surface area contributed by atoms with Crippen LogP contribution in [0.2, 0.25) is 0 Å². The minimum Gasteiger partial charge on any atom is -0.466 e. The molecule has 0 spiro atoms. The number of ether oxygens (including phenoxy) is 4. The Bertz CT molecular complexity index is 322. The van der Waals surface area contributed by atoms with Crippen LogP contribution in [0.1, 0.15) is 34.1 Å². The summed E-state index contributed by atoms with van der Waals surface area (Å²) in [6.45, 7) is 8.88. The second kappa shape index (κ2) is 12.6. The molecule has 130 valence electrons. The topological polar surface area (TPSA) is 74.3 Å². The summed E-state index contributed by atoms with van der Waals surface area (Å²) in [7, 11) is 0.734. The molecule has 7 nitrogen and oxygen atoms in total. The molecule has 0 aliphatic carbocycles. The third kappa shape index (κ3) is 8.47. The van der Waals surface area contributed by atoms with Gasteiger partial charge in [0, 0.05) is 13.2 Å². The van der Waals surface area contributed by atoms with Crippen LogP contribution in [0, 0.1) is 0 Å². The summed E-state index contributed by atoms with van der Waals surface area (Å²) < 4.78 is 22.9. The highest BCUT2D eigenvalue weighted by atomic mass is 28.2. The summed E-state index contributed by atoms with van der Waals surface area (Å²) in [5.41, 5.74) is 0. The first kappa shape index (κ1) is 21.0. The van der Waals surface area contributed by atoms with Crippen LogP contribution in [-0.2, 0) is 28.5 Å². The average Bonchev–Trinajstić information content (AvgIpc) is 2.45. The highest BCUT2D eigenvalue weighted by molar-refractivity contribution is 6.33. The number of carbonyl (C=O) groups is 2. The van der Waals surface area contributed by atoms with Crippen molar-refractivity contribution in [1.29, 1.82) is 0 Å². The Hall–Kier alpha value is -0.963. The minimum atomic E-state index is -1.06. The first-order chi connectivity index (χ1) is 10.5. The fourth-order valence-corrected chi connectivity index (χ4v) is 3.61. The van der Waals surface area contributed by atoms with Gasteiger partial charge in [-0.25, -0.2) is 0 Å². The quantitative estimate of drug-likeness (QED) is 0.287. The van der Waals surface area contributed by atoms with Crippen molar-refractivity contribution in [1.82, 2.24) is 4.57 Å². The largest absolute Gasteiger partial charge is 0.466 e. The summed E-state index contributed by atoms with van der Waals surface area (Å²) in [5, 5.41) is 0. The molecule has 0 aromatic rings. The van der Waals surface area contributed by atoms with Crippen molar-refractivity contribution < 1.29 is 28.5 Å². The molecule has 0 saturated heterocycles. The smallest absolute Gasteiger partial charge is 0.323 e. The maximum atomic E-state index is 12.1. The van der Waals surface area contributed by atoms with E-state index < -0.39 is 27.7 Å². The normalized spacial score (nSPS) is 13.0. The third-order valence-electron chi connectivity index (χ3n) is 2.90. The summed E-state index contributed by atoms with van der Waals surface area (Å²) in [4.78, 5) is 23.8. The van der Waals surface area contributed by atoms with Gasteiger partial charge in [-0.15, -0.1) is 0 Å². The lowest BCUT2D eigenvalue weighted by Gasteiger charge is -2.28. The van der Waals surface area contributed by atoms with Crippen LogP contribution in [-0.4, -0.2) is 71.6 Å². The zero-order chi connectivity index (χ0) is 17.0. The SMILES string of the molecule is CCOC(=O)CC(C(=O)OCC)N(C)[SiH2]C(OCC)OCC. The highest BCUT2D eigenvalue weighted by Gasteiger charge is 2.30. The number of hydrogen-bond donors (Lipinski definition) is 0. The maximum absolute atomic E-state index is 12.1. The van der Waals surface area contributed by atoms with Gasteiger partial charge >= 0.3 is 11.9 Å². The highest BCUT2D eigenvalue weighted by Crippen LogP contribution is 2.08. The van der Waals surface area contributed by atoms with E-state index in [-0.39, 0.29) is 25.5 Å². The molecule has 0 radical (unpaired) electrons. The first-order valence-corrected chi connectivity index (χ1v) is 9.20. The van der Waals surface area contributed by atoms with Crippen LogP contribution >= 0.6 is 0 Å². The predicted octanol–water partition coefficient (Wildman–Crippen LogP) is 0.244. The van der Waals surface area contributed by atoms with Crippen molar-refractivity contribution in [3.8, 4) is 0 Å². The van der Waals surface area contributed by atoms with Gasteiger partial charge in [-0.3, -0.25) is 9.59 Å². The Morgan fingerprint density at radius 3 is 1.95 bits per heavy atom. The lowest BCUT2D eigenvalue weighted by Crippen LogP contribution is -2.48. The van der Waals surface area contributed by atoms with Crippen molar-refractivity contribution in [3.63, 3.8) is 0 Å². The zero-order valence-corrected chi connectivity index (χ0v) is 15.7. The molecular weight excluding hydrogens is 306 g/mol. The molecule has 1 unspecified atom stereocenters. The van der Waals surface area contributed by atoms with Gasteiger partial charge in [-0.05, 0) is 34.7 Å². The molecule has 0 amide bonds. The predicted molar refractivity (Wildman–Crippen MR) is 85.0 cm³/mol. The van der Waals surface area contributed by atoms with Crippen LogP contribution in [0.25, 0.3) is 0 Å². The van der Waals surface area contributed by atoms with Crippen molar-refractivity contribution in [2.24, 2.45) is 0 Å². The van der Waals surface area contributed by atoms with Crippen molar-refractivity contribution in [3.05, 3.63) is 0 Å². The third-order valence-corrected chi connectivity index (χ3v) is 4.68. The Labute approximate surface area is 135 Å². The monoisotopic (exact) mass is 335 g/mol. The van der Waals surface area contributed by atoms with E-state index >= 15 is 0 Å². The molecule has 0 aromatic carbocycles. The van der Waals surface area contributed by atoms with E-state index in [2.05, 4.69) is 0 Å². The molecule has 0 saturated carbocycles. The maximum Gasteiger partial charge on any atom is 0.323 e. The van der Waals surface area contributed by atoms with Gasteiger partial charge in [0.15, 0.2) is 15.6 Å². The Morgan fingerprint density at radius 2 is 1.50 bits per heavy atom. The van der Waals surface area contributed by atoms with Crippen molar-refractivity contribution >= 4 is 21.6 Å². The van der Waals surface area contributed by atoms with E-state index in [0.29, 0.717) is 13.2 Å².